The van der Waals surface area contributed by atoms with Gasteiger partial charge in [0, 0.05) is 18.2 Å². The number of allylic oxidation sites excluding steroid dienone is 2. The summed E-state index contributed by atoms with van der Waals surface area (Å²) < 4.78 is 5.80. The number of alkyl halides is 1. The Morgan fingerprint density at radius 2 is 1.74 bits per heavy atom. The van der Waals surface area contributed by atoms with Crippen LogP contribution in [0.3, 0.4) is 0 Å². The fourth-order valence-electron chi connectivity index (χ4n) is 3.45. The van der Waals surface area contributed by atoms with Gasteiger partial charge in [-0.2, -0.15) is 0 Å². The van der Waals surface area contributed by atoms with Crippen LogP contribution in [0.1, 0.15) is 24.2 Å². The van der Waals surface area contributed by atoms with Crippen LogP contribution < -0.4 is 11.1 Å². The van der Waals surface area contributed by atoms with Crippen molar-refractivity contribution in [2.75, 3.05) is 18.2 Å². The average Bonchev–Trinajstić information content (AvgIpc) is 2.68. The van der Waals surface area contributed by atoms with Crippen LogP contribution in [0, 0.1) is 0 Å². The first-order valence-electron chi connectivity index (χ1n) is 8.72. The highest BCUT2D eigenvalue weighted by molar-refractivity contribution is 6.25. The lowest BCUT2D eigenvalue weighted by Crippen LogP contribution is -2.50. The lowest BCUT2D eigenvalue weighted by molar-refractivity contribution is 0.0579. The van der Waals surface area contributed by atoms with E-state index in [1.54, 1.807) is 25.3 Å². The topological polar surface area (TPSA) is 64.3 Å². The molecule has 2 aromatic rings. The van der Waals surface area contributed by atoms with Gasteiger partial charge in [0.05, 0.1) is 11.4 Å². The van der Waals surface area contributed by atoms with E-state index >= 15 is 0 Å². The third-order valence-corrected chi connectivity index (χ3v) is 5.52. The molecule has 0 saturated carbocycles. The molecule has 2 atom stereocenters. The van der Waals surface area contributed by atoms with Gasteiger partial charge >= 0.3 is 0 Å². The quantitative estimate of drug-likeness (QED) is 0.338. The Labute approximate surface area is 164 Å². The largest absolute Gasteiger partial charge is 0.397 e. The minimum absolute atomic E-state index is 0.0450. The Balaban J connectivity index is 2.01. The molecule has 2 unspecified atom stereocenters. The molecule has 0 aliphatic heterocycles. The van der Waals surface area contributed by atoms with Crippen LogP contribution in [-0.4, -0.2) is 24.0 Å². The molecule has 0 bridgehead atoms. The first-order chi connectivity index (χ1) is 12.9. The molecule has 27 heavy (non-hydrogen) atoms. The lowest BCUT2D eigenvalue weighted by atomic mass is 9.83. The number of Topliss-reactive ketones (excluding diaryl/α,β-unsaturated/α-hetero) is 1. The molecule has 5 heteroatoms. The number of nitrogens with two attached hydrogens (primary N) is 1. The summed E-state index contributed by atoms with van der Waals surface area (Å²) in [6.45, 7) is 3.76. The minimum Gasteiger partial charge on any atom is -0.397 e. The van der Waals surface area contributed by atoms with Crippen molar-refractivity contribution in [3.63, 3.8) is 0 Å². The minimum atomic E-state index is -1.01. The zero-order valence-electron chi connectivity index (χ0n) is 15.6. The molecule has 0 aromatic heterocycles. The van der Waals surface area contributed by atoms with Crippen LogP contribution >= 0.6 is 11.6 Å². The van der Waals surface area contributed by atoms with Gasteiger partial charge in [0.2, 0.25) is 0 Å². The van der Waals surface area contributed by atoms with E-state index < -0.39 is 11.1 Å². The molecule has 3 rings (SSSR count). The number of methoxy groups -OCH3 is 1. The maximum Gasteiger partial charge on any atom is 0.193 e. The number of ether oxygens (including phenoxy) is 1. The molecule has 0 radical (unpaired) electrons. The number of hydrogen-bond donors (Lipinski definition) is 2. The Kier molecular flexibility index (Phi) is 5.40. The highest BCUT2D eigenvalue weighted by atomic mass is 35.5. The van der Waals surface area contributed by atoms with Gasteiger partial charge in [-0.25, -0.2) is 0 Å². The number of benzene rings is 2. The Bertz CT molecular complexity index is 921. The number of ketones is 1. The van der Waals surface area contributed by atoms with Crippen molar-refractivity contribution < 1.29 is 9.53 Å². The van der Waals surface area contributed by atoms with E-state index in [9.17, 15) is 4.79 Å². The van der Waals surface area contributed by atoms with Gasteiger partial charge in [0.1, 0.15) is 5.38 Å². The summed E-state index contributed by atoms with van der Waals surface area (Å²) in [7, 11) is 1.59. The highest BCUT2D eigenvalue weighted by Crippen LogP contribution is 2.40. The average molecular weight is 383 g/mol. The molecule has 0 fully saturated rings. The lowest BCUT2D eigenvalue weighted by Gasteiger charge is -2.40. The number of hydrogen-bond acceptors (Lipinski definition) is 4. The molecule has 0 saturated heterocycles. The standard InChI is InChI=1S/C22H23ClN2O2/c1-14-13-22(27-3,25-18-12-8-7-11-17(18)24)21(23)15(2)19(14)20(26)16-9-5-4-6-10-16/h4-13,21,25H,24H2,1-3H3. The molecule has 3 N–H and O–H groups in total. The van der Waals surface area contributed by atoms with E-state index in [2.05, 4.69) is 5.32 Å². The van der Waals surface area contributed by atoms with E-state index in [-0.39, 0.29) is 5.78 Å². The Hall–Kier alpha value is -2.56. The van der Waals surface area contributed by atoms with Crippen molar-refractivity contribution in [2.45, 2.75) is 24.9 Å². The number of rotatable bonds is 5. The van der Waals surface area contributed by atoms with Crippen LogP contribution in [-0.2, 0) is 4.74 Å². The molecule has 0 spiro atoms. The maximum absolute atomic E-state index is 13.0. The zero-order chi connectivity index (χ0) is 19.6. The number of halogens is 1. The van der Waals surface area contributed by atoms with Crippen molar-refractivity contribution in [1.29, 1.82) is 0 Å². The number of nitrogens with one attached hydrogen (secondary N) is 1. The number of para-hydroxylation sites is 2. The van der Waals surface area contributed by atoms with Crippen molar-refractivity contribution >= 4 is 28.8 Å². The van der Waals surface area contributed by atoms with Gasteiger partial charge < -0.3 is 15.8 Å². The van der Waals surface area contributed by atoms with E-state index in [4.69, 9.17) is 22.1 Å². The van der Waals surface area contributed by atoms with Gasteiger partial charge in [-0.1, -0.05) is 42.5 Å². The summed E-state index contributed by atoms with van der Waals surface area (Å²) in [5, 5.41) is 2.73. The van der Waals surface area contributed by atoms with Crippen LogP contribution in [0.5, 0.6) is 0 Å². The molecular weight excluding hydrogens is 360 g/mol. The van der Waals surface area contributed by atoms with E-state index in [1.165, 1.54) is 0 Å². The second kappa shape index (κ2) is 7.59. The summed E-state index contributed by atoms with van der Waals surface area (Å²) in [4.78, 5) is 13.0. The third-order valence-electron chi connectivity index (χ3n) is 4.87. The van der Waals surface area contributed by atoms with Gasteiger partial charge in [0.25, 0.3) is 0 Å². The predicted molar refractivity (Wildman–Crippen MR) is 111 cm³/mol. The first kappa shape index (κ1) is 19.2. The van der Waals surface area contributed by atoms with Crippen LogP contribution in [0.25, 0.3) is 0 Å². The Morgan fingerprint density at radius 3 is 2.37 bits per heavy atom. The van der Waals surface area contributed by atoms with Gasteiger partial charge in [-0.15, -0.1) is 11.6 Å². The van der Waals surface area contributed by atoms with Crippen LogP contribution in [0.15, 0.2) is 77.4 Å². The monoisotopic (exact) mass is 382 g/mol. The summed E-state index contributed by atoms with van der Waals surface area (Å²) in [5.74, 6) is -0.0450. The smallest absolute Gasteiger partial charge is 0.193 e. The highest BCUT2D eigenvalue weighted by Gasteiger charge is 2.43. The Morgan fingerprint density at radius 1 is 1.11 bits per heavy atom. The number of carbonyl (C=O) groups excluding carboxylic acids is 1. The molecular formula is C22H23ClN2O2. The van der Waals surface area contributed by atoms with Crippen molar-refractivity contribution in [3.8, 4) is 0 Å². The fourth-order valence-corrected chi connectivity index (χ4v) is 3.77. The van der Waals surface area contributed by atoms with Crippen LogP contribution in [0.2, 0.25) is 0 Å². The second-order valence-electron chi connectivity index (χ2n) is 6.65. The van der Waals surface area contributed by atoms with Crippen molar-refractivity contribution in [3.05, 3.63) is 83.0 Å². The van der Waals surface area contributed by atoms with E-state index in [0.29, 0.717) is 16.8 Å². The second-order valence-corrected chi connectivity index (χ2v) is 7.09. The van der Waals surface area contributed by atoms with E-state index in [0.717, 1.165) is 16.8 Å². The fraction of sp³-hybridized carbons (Fsp3) is 0.227. The zero-order valence-corrected chi connectivity index (χ0v) is 16.4. The van der Waals surface area contributed by atoms with Crippen molar-refractivity contribution in [1.82, 2.24) is 0 Å². The molecule has 1 aliphatic rings. The molecule has 0 heterocycles. The molecule has 2 aromatic carbocycles. The first-order valence-corrected chi connectivity index (χ1v) is 9.15. The molecule has 140 valence electrons. The number of anilines is 2. The van der Waals surface area contributed by atoms with Crippen molar-refractivity contribution in [2.24, 2.45) is 0 Å². The van der Waals surface area contributed by atoms with Crippen LogP contribution in [0.4, 0.5) is 11.4 Å². The van der Waals surface area contributed by atoms with Gasteiger partial charge in [-0.3, -0.25) is 4.79 Å². The number of carbonyl (C=O) groups is 1. The third kappa shape index (κ3) is 3.51. The van der Waals surface area contributed by atoms with Gasteiger partial charge in [-0.05, 0) is 43.2 Å². The molecule has 0 amide bonds. The molecule has 1 aliphatic carbocycles. The number of nitrogen functional groups attached to an aromatic ring is 1. The summed E-state index contributed by atoms with van der Waals surface area (Å²) in [6, 6.07) is 16.6. The SMILES string of the molecule is COC1(Nc2ccccc2N)C=C(C)C(C(=O)c2ccccc2)=C(C)C1Cl. The maximum atomic E-state index is 13.0. The summed E-state index contributed by atoms with van der Waals surface area (Å²) >= 11 is 6.80. The van der Waals surface area contributed by atoms with Gasteiger partial charge in [0.15, 0.2) is 11.5 Å². The predicted octanol–water partition coefficient (Wildman–Crippen LogP) is 4.79. The molecule has 4 nitrogen and oxygen atoms in total. The summed E-state index contributed by atoms with van der Waals surface area (Å²) in [5.41, 5.74) is 9.20. The summed E-state index contributed by atoms with van der Waals surface area (Å²) in [6.07, 6.45) is 1.86. The van der Waals surface area contributed by atoms with E-state index in [1.807, 2.05) is 56.3 Å². The normalized spacial score (nSPS) is 22.4.